The molecule has 0 saturated carbocycles. The number of benzene rings is 5. The number of hydrogen-bond acceptors (Lipinski definition) is 10. The zero-order valence-corrected chi connectivity index (χ0v) is 25.2. The van der Waals surface area contributed by atoms with Crippen LogP contribution in [-0.2, 0) is 20.2 Å². The molecule has 14 heteroatoms. The lowest BCUT2D eigenvalue weighted by Crippen LogP contribution is -2.22. The third kappa shape index (κ3) is 6.31. The van der Waals surface area contributed by atoms with E-state index in [1.54, 1.807) is 78.9 Å². The number of carbonyl (C=O) groups is 1. The Morgan fingerprint density at radius 1 is 0.630 bits per heavy atom. The van der Waals surface area contributed by atoms with Crippen LogP contribution in [0.25, 0.3) is 15.7 Å². The van der Waals surface area contributed by atoms with Gasteiger partial charge in [-0.1, -0.05) is 66.7 Å². The van der Waals surface area contributed by atoms with Crippen molar-refractivity contribution in [2.75, 3.05) is 10.7 Å². The van der Waals surface area contributed by atoms with Crippen LogP contribution >= 0.6 is 0 Å². The Kier molecular flexibility index (Phi) is 8.02. The van der Waals surface area contributed by atoms with Crippen molar-refractivity contribution in [1.82, 2.24) is 0 Å². The lowest BCUT2D eigenvalue weighted by molar-refractivity contribution is 0.106. The van der Waals surface area contributed by atoms with Crippen LogP contribution < -0.4 is 10.7 Å². The number of allylic oxidation sites excluding steroid dienone is 1. The second-order valence-electron chi connectivity index (χ2n) is 9.99. The van der Waals surface area contributed by atoms with Gasteiger partial charge in [0.15, 0.2) is 0 Å². The van der Waals surface area contributed by atoms with Gasteiger partial charge in [0.05, 0.1) is 22.7 Å². The molecule has 0 fully saturated rings. The van der Waals surface area contributed by atoms with Gasteiger partial charge >= 0.3 is 0 Å². The first-order valence-electron chi connectivity index (χ1n) is 13.5. The van der Waals surface area contributed by atoms with Gasteiger partial charge in [0, 0.05) is 27.6 Å². The summed E-state index contributed by atoms with van der Waals surface area (Å²) < 4.78 is 68.1. The number of ketones is 1. The number of nitrogens with one attached hydrogen (secondary N) is 2. The van der Waals surface area contributed by atoms with E-state index in [9.17, 15) is 30.7 Å². The highest BCUT2D eigenvalue weighted by atomic mass is 32.2. The maximum atomic E-state index is 13.1. The highest BCUT2D eigenvalue weighted by Gasteiger charge is 2.30. The van der Waals surface area contributed by atoms with E-state index >= 15 is 0 Å². The van der Waals surface area contributed by atoms with E-state index in [2.05, 4.69) is 26.1 Å². The average molecular weight is 654 g/mol. The van der Waals surface area contributed by atoms with E-state index in [1.807, 2.05) is 6.07 Å². The minimum absolute atomic E-state index is 0.0832. The summed E-state index contributed by atoms with van der Waals surface area (Å²) in [5.41, 5.74) is 4.59. The number of para-hydroxylation sites is 1. The van der Waals surface area contributed by atoms with Gasteiger partial charge in [-0.15, -0.1) is 5.11 Å². The lowest BCUT2D eigenvalue weighted by atomic mass is 9.95. The topological polar surface area (TPSA) is 187 Å². The first-order valence-corrected chi connectivity index (χ1v) is 16.4. The molecule has 230 valence electrons. The standard InChI is InChI=1S/C32H23N5O7S2/c38-32-25-13-7-6-12-24(25)30(45(39,40)41)19-29(32)37-36-27-17-16-26(22-10-4-5-11-23(22)27)35-34-21-14-15-28(31(18-21)46(42,43)44)33-20-8-2-1-3-9-20/h1-19,33,36H,(H,39,40,41)(H,42,43,44)/b35-34?,37-29-. The molecular formula is C32H23N5O7S2. The third-order valence-corrected chi connectivity index (χ3v) is 8.77. The molecule has 46 heavy (non-hydrogen) atoms. The highest BCUT2D eigenvalue weighted by molar-refractivity contribution is 7.95. The Morgan fingerprint density at radius 2 is 1.28 bits per heavy atom. The van der Waals surface area contributed by atoms with Gasteiger partial charge in [-0.2, -0.15) is 27.1 Å². The second-order valence-corrected chi connectivity index (χ2v) is 12.8. The minimum Gasteiger partial charge on any atom is -0.354 e. The molecule has 0 saturated heterocycles. The van der Waals surface area contributed by atoms with Gasteiger partial charge in [0.1, 0.15) is 15.5 Å². The Morgan fingerprint density at radius 3 is 2.00 bits per heavy atom. The smallest absolute Gasteiger partial charge is 0.296 e. The fourth-order valence-corrected chi connectivity index (χ4v) is 6.25. The van der Waals surface area contributed by atoms with Crippen LogP contribution in [0.4, 0.5) is 28.4 Å². The van der Waals surface area contributed by atoms with Crippen LogP contribution in [0.15, 0.2) is 135 Å². The average Bonchev–Trinajstić information content (AvgIpc) is 3.04. The Balaban J connectivity index is 1.32. The van der Waals surface area contributed by atoms with Crippen molar-refractivity contribution >= 4 is 75.8 Å². The van der Waals surface area contributed by atoms with Crippen molar-refractivity contribution in [3.63, 3.8) is 0 Å². The number of azo groups is 1. The SMILES string of the molecule is O=C1/C(=N\Nc2ccc(N=Nc3ccc(Nc4ccccc4)c(S(=O)(=O)O)c3)c3ccccc23)C=C(S(=O)(=O)O)c2ccccc21. The molecule has 1 aliphatic carbocycles. The number of fused-ring (bicyclic) bond motifs is 2. The van der Waals surface area contributed by atoms with Crippen LogP contribution in [-0.4, -0.2) is 37.4 Å². The van der Waals surface area contributed by atoms with Crippen molar-refractivity contribution in [2.24, 2.45) is 15.3 Å². The van der Waals surface area contributed by atoms with E-state index in [-0.39, 0.29) is 33.1 Å². The molecule has 5 aromatic carbocycles. The molecule has 12 nitrogen and oxygen atoms in total. The third-order valence-electron chi connectivity index (χ3n) is 6.98. The van der Waals surface area contributed by atoms with E-state index < -0.39 is 30.9 Å². The molecule has 0 unspecified atom stereocenters. The molecular weight excluding hydrogens is 631 g/mol. The maximum absolute atomic E-state index is 13.1. The number of rotatable bonds is 8. The summed E-state index contributed by atoms with van der Waals surface area (Å²) in [5.74, 6) is -0.528. The number of anilines is 3. The van der Waals surface area contributed by atoms with Gasteiger partial charge in [-0.05, 0) is 48.5 Å². The van der Waals surface area contributed by atoms with Crippen molar-refractivity contribution in [3.8, 4) is 0 Å². The van der Waals surface area contributed by atoms with Crippen LogP contribution in [0, 0.1) is 0 Å². The Labute approximate surface area is 263 Å². The van der Waals surface area contributed by atoms with E-state index in [0.717, 1.165) is 6.08 Å². The Bertz CT molecular complexity index is 2340. The van der Waals surface area contributed by atoms with Crippen molar-refractivity contribution < 1.29 is 30.7 Å². The molecule has 0 bridgehead atoms. The molecule has 6 rings (SSSR count). The van der Waals surface area contributed by atoms with Crippen LogP contribution in [0.1, 0.15) is 15.9 Å². The molecule has 0 aromatic heterocycles. The monoisotopic (exact) mass is 653 g/mol. The van der Waals surface area contributed by atoms with Crippen LogP contribution in [0.2, 0.25) is 0 Å². The predicted molar refractivity (Wildman–Crippen MR) is 175 cm³/mol. The van der Waals surface area contributed by atoms with Crippen LogP contribution in [0.5, 0.6) is 0 Å². The minimum atomic E-state index is -4.65. The summed E-state index contributed by atoms with van der Waals surface area (Å²) in [5, 5.41) is 16.9. The van der Waals surface area contributed by atoms with E-state index in [0.29, 0.717) is 27.8 Å². The Hall–Kier alpha value is -5.54. The molecule has 0 amide bonds. The number of nitrogens with zero attached hydrogens (tertiary/aromatic N) is 3. The molecule has 0 aliphatic heterocycles. The number of hydrazone groups is 1. The van der Waals surface area contributed by atoms with Crippen molar-refractivity contribution in [1.29, 1.82) is 0 Å². The molecule has 0 radical (unpaired) electrons. The molecule has 4 N–H and O–H groups in total. The van der Waals surface area contributed by atoms with Gasteiger partial charge in [-0.3, -0.25) is 19.3 Å². The summed E-state index contributed by atoms with van der Waals surface area (Å²) in [6, 6.07) is 29.5. The summed E-state index contributed by atoms with van der Waals surface area (Å²) in [7, 11) is -9.26. The maximum Gasteiger partial charge on any atom is 0.296 e. The zero-order valence-electron chi connectivity index (χ0n) is 23.6. The van der Waals surface area contributed by atoms with E-state index in [1.165, 1.54) is 24.3 Å². The van der Waals surface area contributed by atoms with Crippen molar-refractivity contribution in [3.05, 3.63) is 126 Å². The first-order chi connectivity index (χ1) is 22.0. The molecule has 1 aliphatic rings. The molecule has 0 spiro atoms. The number of Topliss-reactive ketones (excluding diaryl/α,β-unsaturated/α-hetero) is 1. The number of hydrogen-bond donors (Lipinski definition) is 4. The lowest BCUT2D eigenvalue weighted by Gasteiger charge is -2.16. The number of carbonyl (C=O) groups excluding carboxylic acids is 1. The zero-order chi connectivity index (χ0) is 32.5. The molecule has 0 atom stereocenters. The summed E-state index contributed by atoms with van der Waals surface area (Å²) in [6.07, 6.45) is 1.01. The summed E-state index contributed by atoms with van der Waals surface area (Å²) in [4.78, 5) is 12.3. The fraction of sp³-hybridized carbons (Fsp3) is 0. The fourth-order valence-electron chi connectivity index (χ4n) is 4.86. The molecule has 5 aromatic rings. The normalized spacial score (nSPS) is 14.3. The first kappa shape index (κ1) is 30.5. The summed E-state index contributed by atoms with van der Waals surface area (Å²) >= 11 is 0. The van der Waals surface area contributed by atoms with E-state index in [4.69, 9.17) is 0 Å². The van der Waals surface area contributed by atoms with Gasteiger partial charge < -0.3 is 5.32 Å². The van der Waals surface area contributed by atoms with Gasteiger partial charge in [0.25, 0.3) is 20.2 Å². The molecule has 0 heterocycles. The largest absolute Gasteiger partial charge is 0.354 e. The predicted octanol–water partition coefficient (Wildman–Crippen LogP) is 7.14. The highest BCUT2D eigenvalue weighted by Crippen LogP contribution is 2.35. The van der Waals surface area contributed by atoms with Gasteiger partial charge in [0.2, 0.25) is 5.78 Å². The second kappa shape index (κ2) is 12.1. The van der Waals surface area contributed by atoms with Crippen molar-refractivity contribution in [2.45, 2.75) is 4.90 Å². The quantitative estimate of drug-likeness (QED) is 0.0767. The summed E-state index contributed by atoms with van der Waals surface area (Å²) in [6.45, 7) is 0. The van der Waals surface area contributed by atoms with Crippen LogP contribution in [0.3, 0.4) is 0 Å². The van der Waals surface area contributed by atoms with Gasteiger partial charge in [-0.25, -0.2) is 0 Å².